The minimum atomic E-state index is 0.116. The van der Waals surface area contributed by atoms with Gasteiger partial charge in [-0.2, -0.15) is 4.98 Å². The van der Waals surface area contributed by atoms with Crippen LogP contribution in [0.2, 0.25) is 0 Å². The van der Waals surface area contributed by atoms with E-state index in [0.717, 1.165) is 5.76 Å². The summed E-state index contributed by atoms with van der Waals surface area (Å²) in [6, 6.07) is 13.9. The van der Waals surface area contributed by atoms with Gasteiger partial charge in [0.15, 0.2) is 5.82 Å². The molecule has 0 saturated carbocycles. The lowest BCUT2D eigenvalue weighted by atomic mass is 10.1. The molecule has 6 nitrogen and oxygen atoms in total. The highest BCUT2D eigenvalue weighted by Gasteiger charge is 2.08. The standard InChI is InChI=1S/C16H17N5O/c1-11-10-15(21-22-11)19-14-8-9-17-16(20-14)18-12(2)13-6-4-3-5-7-13/h3-10,12H,1-2H3,(H2,17,18,19,20,21). The van der Waals surface area contributed by atoms with Gasteiger partial charge in [-0.3, -0.25) is 0 Å². The Labute approximate surface area is 128 Å². The van der Waals surface area contributed by atoms with Crippen LogP contribution in [0.5, 0.6) is 0 Å². The molecule has 0 radical (unpaired) electrons. The first-order chi connectivity index (χ1) is 10.7. The normalized spacial score (nSPS) is 11.9. The highest BCUT2D eigenvalue weighted by atomic mass is 16.5. The van der Waals surface area contributed by atoms with Gasteiger partial charge in [-0.25, -0.2) is 4.98 Å². The van der Waals surface area contributed by atoms with Crippen LogP contribution >= 0.6 is 0 Å². The highest BCUT2D eigenvalue weighted by molar-refractivity contribution is 5.52. The number of rotatable bonds is 5. The van der Waals surface area contributed by atoms with Crippen molar-refractivity contribution in [3.63, 3.8) is 0 Å². The minimum absolute atomic E-state index is 0.116. The zero-order valence-corrected chi connectivity index (χ0v) is 12.4. The summed E-state index contributed by atoms with van der Waals surface area (Å²) in [5.41, 5.74) is 1.18. The summed E-state index contributed by atoms with van der Waals surface area (Å²) in [4.78, 5) is 8.67. The Balaban J connectivity index is 1.71. The second kappa shape index (κ2) is 6.26. The predicted octanol–water partition coefficient (Wildman–Crippen LogP) is 3.69. The van der Waals surface area contributed by atoms with E-state index in [1.807, 2.05) is 31.2 Å². The molecule has 0 aliphatic rings. The van der Waals surface area contributed by atoms with Gasteiger partial charge in [0.2, 0.25) is 5.95 Å². The molecule has 0 aliphatic heterocycles. The van der Waals surface area contributed by atoms with Crippen LogP contribution in [0.25, 0.3) is 0 Å². The van der Waals surface area contributed by atoms with Crippen LogP contribution in [-0.4, -0.2) is 15.1 Å². The van der Waals surface area contributed by atoms with Crippen LogP contribution in [0, 0.1) is 6.92 Å². The van der Waals surface area contributed by atoms with Crippen molar-refractivity contribution in [3.05, 3.63) is 60.0 Å². The zero-order chi connectivity index (χ0) is 15.4. The van der Waals surface area contributed by atoms with E-state index in [1.54, 1.807) is 12.3 Å². The summed E-state index contributed by atoms with van der Waals surface area (Å²) in [7, 11) is 0. The first kappa shape index (κ1) is 14.1. The third-order valence-corrected chi connectivity index (χ3v) is 3.18. The van der Waals surface area contributed by atoms with Crippen molar-refractivity contribution in [2.24, 2.45) is 0 Å². The van der Waals surface area contributed by atoms with E-state index in [9.17, 15) is 0 Å². The SMILES string of the molecule is Cc1cc(Nc2ccnc(NC(C)c3ccccc3)n2)no1. The Kier molecular flexibility index (Phi) is 4.00. The van der Waals surface area contributed by atoms with Gasteiger partial charge in [-0.05, 0) is 25.5 Å². The van der Waals surface area contributed by atoms with Crippen molar-refractivity contribution < 1.29 is 4.52 Å². The van der Waals surface area contributed by atoms with Gasteiger partial charge in [0.25, 0.3) is 0 Å². The van der Waals surface area contributed by atoms with E-state index in [2.05, 4.69) is 44.8 Å². The monoisotopic (exact) mass is 295 g/mol. The van der Waals surface area contributed by atoms with Crippen LogP contribution in [0.3, 0.4) is 0 Å². The number of anilines is 3. The lowest BCUT2D eigenvalue weighted by Crippen LogP contribution is -2.09. The van der Waals surface area contributed by atoms with Gasteiger partial charge in [0, 0.05) is 12.3 Å². The fraction of sp³-hybridized carbons (Fsp3) is 0.188. The summed E-state index contributed by atoms with van der Waals surface area (Å²) >= 11 is 0. The fourth-order valence-electron chi connectivity index (χ4n) is 2.07. The molecule has 6 heteroatoms. The Bertz CT molecular complexity index is 741. The van der Waals surface area contributed by atoms with Gasteiger partial charge in [0.05, 0.1) is 6.04 Å². The average Bonchev–Trinajstić information content (AvgIpc) is 2.93. The number of hydrogen-bond donors (Lipinski definition) is 2. The lowest BCUT2D eigenvalue weighted by Gasteiger charge is -2.14. The van der Waals surface area contributed by atoms with E-state index in [1.165, 1.54) is 5.56 Å². The van der Waals surface area contributed by atoms with Crippen LogP contribution in [-0.2, 0) is 0 Å². The summed E-state index contributed by atoms with van der Waals surface area (Å²) in [5, 5.41) is 10.2. The Morgan fingerprint density at radius 1 is 1.09 bits per heavy atom. The van der Waals surface area contributed by atoms with E-state index in [-0.39, 0.29) is 6.04 Å². The summed E-state index contributed by atoms with van der Waals surface area (Å²) in [5.74, 6) is 2.58. The third kappa shape index (κ3) is 3.41. The maximum absolute atomic E-state index is 5.02. The molecule has 0 spiro atoms. The fourth-order valence-corrected chi connectivity index (χ4v) is 2.07. The molecule has 0 aliphatic carbocycles. The number of nitrogens with zero attached hydrogens (tertiary/aromatic N) is 3. The van der Waals surface area contributed by atoms with E-state index < -0.39 is 0 Å². The summed E-state index contributed by atoms with van der Waals surface area (Å²) < 4.78 is 5.02. The molecular formula is C16H17N5O. The summed E-state index contributed by atoms with van der Waals surface area (Å²) in [6.45, 7) is 3.91. The maximum Gasteiger partial charge on any atom is 0.225 e. The van der Waals surface area contributed by atoms with E-state index >= 15 is 0 Å². The Morgan fingerprint density at radius 3 is 2.64 bits per heavy atom. The molecule has 2 N–H and O–H groups in total. The molecule has 1 atom stereocenters. The van der Waals surface area contributed by atoms with Crippen molar-refractivity contribution in [3.8, 4) is 0 Å². The van der Waals surface area contributed by atoms with E-state index in [4.69, 9.17) is 4.52 Å². The molecule has 1 unspecified atom stereocenters. The van der Waals surface area contributed by atoms with Gasteiger partial charge in [0.1, 0.15) is 11.6 Å². The highest BCUT2D eigenvalue weighted by Crippen LogP contribution is 2.18. The van der Waals surface area contributed by atoms with Crippen LogP contribution in [0.1, 0.15) is 24.3 Å². The molecule has 1 aromatic carbocycles. The smallest absolute Gasteiger partial charge is 0.225 e. The van der Waals surface area contributed by atoms with Gasteiger partial charge < -0.3 is 15.2 Å². The van der Waals surface area contributed by atoms with Gasteiger partial charge >= 0.3 is 0 Å². The topological polar surface area (TPSA) is 75.9 Å². The number of nitrogens with one attached hydrogen (secondary N) is 2. The molecule has 0 fully saturated rings. The largest absolute Gasteiger partial charge is 0.360 e. The molecule has 0 saturated heterocycles. The van der Waals surface area contributed by atoms with Gasteiger partial charge in [-0.1, -0.05) is 35.5 Å². The molecule has 112 valence electrons. The van der Waals surface area contributed by atoms with Crippen molar-refractivity contribution in [1.29, 1.82) is 0 Å². The second-order valence-corrected chi connectivity index (χ2v) is 4.99. The van der Waals surface area contributed by atoms with E-state index in [0.29, 0.717) is 17.6 Å². The molecule has 22 heavy (non-hydrogen) atoms. The summed E-state index contributed by atoms with van der Waals surface area (Å²) in [6.07, 6.45) is 1.70. The molecular weight excluding hydrogens is 278 g/mol. The number of aromatic nitrogens is 3. The number of aryl methyl sites for hydroxylation is 1. The van der Waals surface area contributed by atoms with Crippen molar-refractivity contribution >= 4 is 17.6 Å². The van der Waals surface area contributed by atoms with Crippen LogP contribution in [0.4, 0.5) is 17.6 Å². The average molecular weight is 295 g/mol. The Morgan fingerprint density at radius 2 is 1.91 bits per heavy atom. The molecule has 3 aromatic rings. The number of benzene rings is 1. The van der Waals surface area contributed by atoms with Crippen molar-refractivity contribution in [2.75, 3.05) is 10.6 Å². The van der Waals surface area contributed by atoms with Crippen LogP contribution < -0.4 is 10.6 Å². The van der Waals surface area contributed by atoms with Crippen LogP contribution in [0.15, 0.2) is 53.2 Å². The lowest BCUT2D eigenvalue weighted by molar-refractivity contribution is 0.400. The Hall–Kier alpha value is -2.89. The number of hydrogen-bond acceptors (Lipinski definition) is 6. The second-order valence-electron chi connectivity index (χ2n) is 4.99. The first-order valence-electron chi connectivity index (χ1n) is 7.05. The quantitative estimate of drug-likeness (QED) is 0.747. The first-order valence-corrected chi connectivity index (χ1v) is 7.05. The van der Waals surface area contributed by atoms with Crippen molar-refractivity contribution in [2.45, 2.75) is 19.9 Å². The molecule has 2 heterocycles. The third-order valence-electron chi connectivity index (χ3n) is 3.18. The molecule has 0 amide bonds. The zero-order valence-electron chi connectivity index (χ0n) is 12.4. The molecule has 0 bridgehead atoms. The molecule has 3 rings (SSSR count). The molecule has 2 aromatic heterocycles. The van der Waals surface area contributed by atoms with Crippen molar-refractivity contribution in [1.82, 2.24) is 15.1 Å². The minimum Gasteiger partial charge on any atom is -0.360 e. The maximum atomic E-state index is 5.02. The van der Waals surface area contributed by atoms with Gasteiger partial charge in [-0.15, -0.1) is 0 Å². The predicted molar refractivity (Wildman–Crippen MR) is 85.0 cm³/mol.